The molecule has 0 aliphatic carbocycles. The lowest BCUT2D eigenvalue weighted by molar-refractivity contribution is -0.142. The van der Waals surface area contributed by atoms with E-state index in [0.717, 1.165) is 10.8 Å². The number of aliphatic carboxylic acids is 1. The first-order valence-electron chi connectivity index (χ1n) is 8.30. The summed E-state index contributed by atoms with van der Waals surface area (Å²) in [6.45, 7) is 2.00. The van der Waals surface area contributed by atoms with Gasteiger partial charge >= 0.3 is 5.97 Å². The molecule has 0 saturated carbocycles. The SMILES string of the molecule is CCCC(NC(=O)CCNC(=O)c1ccc2ccccc2c1)C(=O)O. The Morgan fingerprint density at radius 2 is 1.80 bits per heavy atom. The van der Waals surface area contributed by atoms with Crippen LogP contribution in [0.2, 0.25) is 0 Å². The highest BCUT2D eigenvalue weighted by atomic mass is 16.4. The summed E-state index contributed by atoms with van der Waals surface area (Å²) in [6.07, 6.45) is 1.08. The van der Waals surface area contributed by atoms with Crippen LogP contribution in [0.1, 0.15) is 36.5 Å². The summed E-state index contributed by atoms with van der Waals surface area (Å²) < 4.78 is 0. The average Bonchev–Trinajstić information content (AvgIpc) is 2.60. The molecule has 2 amide bonds. The van der Waals surface area contributed by atoms with E-state index < -0.39 is 12.0 Å². The Morgan fingerprint density at radius 1 is 1.08 bits per heavy atom. The van der Waals surface area contributed by atoms with E-state index in [-0.39, 0.29) is 24.8 Å². The van der Waals surface area contributed by atoms with Gasteiger partial charge in [0.05, 0.1) is 0 Å². The molecule has 0 heterocycles. The molecule has 0 radical (unpaired) electrons. The summed E-state index contributed by atoms with van der Waals surface area (Å²) in [5.74, 6) is -1.70. The standard InChI is InChI=1S/C19H22N2O4/c1-2-5-16(19(24)25)21-17(22)10-11-20-18(23)15-9-8-13-6-3-4-7-14(13)12-15/h3-4,6-9,12,16H,2,5,10-11H2,1H3,(H,20,23)(H,21,22)(H,24,25). The molecule has 0 aliphatic heterocycles. The van der Waals surface area contributed by atoms with Gasteiger partial charge in [0, 0.05) is 18.5 Å². The molecular formula is C19H22N2O4. The van der Waals surface area contributed by atoms with Gasteiger partial charge in [-0.1, -0.05) is 43.7 Å². The zero-order valence-electron chi connectivity index (χ0n) is 14.1. The van der Waals surface area contributed by atoms with Crippen molar-refractivity contribution in [3.05, 3.63) is 48.0 Å². The number of fused-ring (bicyclic) bond motifs is 1. The smallest absolute Gasteiger partial charge is 0.326 e. The minimum Gasteiger partial charge on any atom is -0.480 e. The number of hydrogen-bond donors (Lipinski definition) is 3. The van der Waals surface area contributed by atoms with Crippen LogP contribution in [0.3, 0.4) is 0 Å². The van der Waals surface area contributed by atoms with Crippen molar-refractivity contribution in [2.75, 3.05) is 6.54 Å². The molecule has 2 rings (SSSR count). The summed E-state index contributed by atoms with van der Waals surface area (Å²) >= 11 is 0. The maximum atomic E-state index is 12.2. The van der Waals surface area contributed by atoms with Gasteiger partial charge in [-0.05, 0) is 29.3 Å². The molecule has 0 aromatic heterocycles. The number of rotatable bonds is 8. The highest BCUT2D eigenvalue weighted by molar-refractivity contribution is 5.98. The number of benzene rings is 2. The Hall–Kier alpha value is -2.89. The third-order valence-corrected chi connectivity index (χ3v) is 3.86. The van der Waals surface area contributed by atoms with E-state index in [9.17, 15) is 14.4 Å². The van der Waals surface area contributed by atoms with Crippen molar-refractivity contribution in [3.8, 4) is 0 Å². The Labute approximate surface area is 146 Å². The van der Waals surface area contributed by atoms with Crippen LogP contribution in [-0.4, -0.2) is 35.5 Å². The Morgan fingerprint density at radius 3 is 2.48 bits per heavy atom. The Balaban J connectivity index is 1.84. The van der Waals surface area contributed by atoms with Crippen LogP contribution >= 0.6 is 0 Å². The van der Waals surface area contributed by atoms with Crippen LogP contribution in [0.5, 0.6) is 0 Å². The molecule has 0 fully saturated rings. The van der Waals surface area contributed by atoms with Crippen molar-refractivity contribution in [1.82, 2.24) is 10.6 Å². The van der Waals surface area contributed by atoms with Gasteiger partial charge in [0.1, 0.15) is 6.04 Å². The number of carbonyl (C=O) groups excluding carboxylic acids is 2. The second kappa shape index (κ2) is 8.82. The van der Waals surface area contributed by atoms with Crippen molar-refractivity contribution in [2.24, 2.45) is 0 Å². The zero-order chi connectivity index (χ0) is 18.2. The first-order chi connectivity index (χ1) is 12.0. The fourth-order valence-electron chi connectivity index (χ4n) is 2.53. The fourth-order valence-corrected chi connectivity index (χ4v) is 2.53. The lowest BCUT2D eigenvalue weighted by atomic mass is 10.1. The van der Waals surface area contributed by atoms with E-state index in [2.05, 4.69) is 10.6 Å². The highest BCUT2D eigenvalue weighted by Crippen LogP contribution is 2.15. The fraction of sp³-hybridized carbons (Fsp3) is 0.316. The van der Waals surface area contributed by atoms with E-state index in [4.69, 9.17) is 5.11 Å². The lowest BCUT2D eigenvalue weighted by Crippen LogP contribution is -2.41. The number of hydrogen-bond acceptors (Lipinski definition) is 3. The normalized spacial score (nSPS) is 11.7. The molecule has 6 heteroatoms. The monoisotopic (exact) mass is 342 g/mol. The highest BCUT2D eigenvalue weighted by Gasteiger charge is 2.18. The van der Waals surface area contributed by atoms with Crippen LogP contribution < -0.4 is 10.6 Å². The van der Waals surface area contributed by atoms with Gasteiger partial charge in [-0.3, -0.25) is 9.59 Å². The zero-order valence-corrected chi connectivity index (χ0v) is 14.1. The van der Waals surface area contributed by atoms with E-state index >= 15 is 0 Å². The quantitative estimate of drug-likeness (QED) is 0.686. The van der Waals surface area contributed by atoms with Gasteiger partial charge < -0.3 is 15.7 Å². The number of carboxylic acid groups (broad SMARTS) is 1. The lowest BCUT2D eigenvalue weighted by Gasteiger charge is -2.13. The van der Waals surface area contributed by atoms with Crippen LogP contribution in [-0.2, 0) is 9.59 Å². The van der Waals surface area contributed by atoms with Gasteiger partial charge in [0.25, 0.3) is 5.91 Å². The van der Waals surface area contributed by atoms with Crippen molar-refractivity contribution in [3.63, 3.8) is 0 Å². The number of nitrogens with one attached hydrogen (secondary N) is 2. The van der Waals surface area contributed by atoms with E-state index in [1.165, 1.54) is 0 Å². The largest absolute Gasteiger partial charge is 0.480 e. The van der Waals surface area contributed by atoms with Gasteiger partial charge in [-0.25, -0.2) is 4.79 Å². The van der Waals surface area contributed by atoms with Crippen LogP contribution in [0.4, 0.5) is 0 Å². The molecule has 6 nitrogen and oxygen atoms in total. The van der Waals surface area contributed by atoms with E-state index in [0.29, 0.717) is 18.4 Å². The third-order valence-electron chi connectivity index (χ3n) is 3.86. The van der Waals surface area contributed by atoms with E-state index in [1.54, 1.807) is 12.1 Å². The van der Waals surface area contributed by atoms with Crippen molar-refractivity contribution in [2.45, 2.75) is 32.2 Å². The summed E-state index contributed by atoms with van der Waals surface area (Å²) in [4.78, 5) is 35.0. The summed E-state index contributed by atoms with van der Waals surface area (Å²) in [6, 6.07) is 12.3. The predicted octanol–water partition coefficient (Wildman–Crippen LogP) is 2.33. The first kappa shape index (κ1) is 18.4. The van der Waals surface area contributed by atoms with Crippen molar-refractivity contribution in [1.29, 1.82) is 0 Å². The van der Waals surface area contributed by atoms with Crippen LogP contribution in [0.15, 0.2) is 42.5 Å². The number of amides is 2. The van der Waals surface area contributed by atoms with Gasteiger partial charge in [0.15, 0.2) is 0 Å². The molecule has 0 aliphatic rings. The van der Waals surface area contributed by atoms with Gasteiger partial charge in [-0.15, -0.1) is 0 Å². The second-order valence-electron chi connectivity index (χ2n) is 5.81. The molecule has 0 spiro atoms. The molecule has 3 N–H and O–H groups in total. The van der Waals surface area contributed by atoms with Crippen LogP contribution in [0.25, 0.3) is 10.8 Å². The summed E-state index contributed by atoms with van der Waals surface area (Å²) in [7, 11) is 0. The molecule has 132 valence electrons. The molecule has 1 atom stereocenters. The Bertz CT molecular complexity index is 773. The molecule has 0 bridgehead atoms. The average molecular weight is 342 g/mol. The topological polar surface area (TPSA) is 95.5 Å². The number of carboxylic acids is 1. The summed E-state index contributed by atoms with van der Waals surface area (Å²) in [5, 5.41) is 16.2. The minimum atomic E-state index is -1.05. The van der Waals surface area contributed by atoms with Gasteiger partial charge in [0.2, 0.25) is 5.91 Å². The molecule has 1 unspecified atom stereocenters. The molecule has 2 aromatic rings. The van der Waals surface area contributed by atoms with Crippen LogP contribution in [0, 0.1) is 0 Å². The molecule has 0 saturated heterocycles. The van der Waals surface area contributed by atoms with Crippen molar-refractivity contribution < 1.29 is 19.5 Å². The minimum absolute atomic E-state index is 0.0345. The molecular weight excluding hydrogens is 320 g/mol. The van der Waals surface area contributed by atoms with Crippen molar-refractivity contribution >= 4 is 28.6 Å². The molecule has 25 heavy (non-hydrogen) atoms. The maximum absolute atomic E-state index is 12.2. The second-order valence-corrected chi connectivity index (χ2v) is 5.81. The maximum Gasteiger partial charge on any atom is 0.326 e. The van der Waals surface area contributed by atoms with Gasteiger partial charge in [-0.2, -0.15) is 0 Å². The Kier molecular flexibility index (Phi) is 6.51. The summed E-state index contributed by atoms with van der Waals surface area (Å²) in [5.41, 5.74) is 0.522. The number of carbonyl (C=O) groups is 3. The predicted molar refractivity (Wildman–Crippen MR) is 95.4 cm³/mol. The van der Waals surface area contributed by atoms with E-state index in [1.807, 2.05) is 37.3 Å². The third kappa shape index (κ3) is 5.31. The first-order valence-corrected chi connectivity index (χ1v) is 8.30. The molecule has 2 aromatic carbocycles.